The summed E-state index contributed by atoms with van der Waals surface area (Å²) in [5.74, 6) is 0.887. The van der Waals surface area contributed by atoms with Gasteiger partial charge in [-0.1, -0.05) is 27.2 Å². The van der Waals surface area contributed by atoms with Crippen LogP contribution in [-0.4, -0.2) is 15.8 Å². The molecule has 0 radical (unpaired) electrons. The summed E-state index contributed by atoms with van der Waals surface area (Å²) in [6.07, 6.45) is 10.8. The number of rotatable bonds is 3. The first-order chi connectivity index (χ1) is 8.95. The van der Waals surface area contributed by atoms with Gasteiger partial charge in [-0.05, 0) is 37.0 Å². The summed E-state index contributed by atoms with van der Waals surface area (Å²) in [5, 5.41) is 7.93. The Labute approximate surface area is 117 Å². The lowest BCUT2D eigenvalue weighted by Crippen LogP contribution is -2.28. The van der Waals surface area contributed by atoms with Gasteiger partial charge in [0.1, 0.15) is 0 Å². The minimum Gasteiger partial charge on any atom is -0.310 e. The van der Waals surface area contributed by atoms with E-state index in [4.69, 9.17) is 0 Å². The Hall–Kier alpha value is -0.830. The van der Waals surface area contributed by atoms with Crippen molar-refractivity contribution in [2.45, 2.75) is 65.5 Å². The van der Waals surface area contributed by atoms with E-state index in [1.165, 1.54) is 37.7 Å². The van der Waals surface area contributed by atoms with Crippen LogP contribution in [0.3, 0.4) is 0 Å². The Morgan fingerprint density at radius 2 is 2.05 bits per heavy atom. The monoisotopic (exact) mass is 263 g/mol. The first kappa shape index (κ1) is 14.6. The van der Waals surface area contributed by atoms with E-state index in [9.17, 15) is 0 Å². The molecule has 3 nitrogen and oxygen atoms in total. The second-order valence-electron chi connectivity index (χ2n) is 7.17. The smallest absolute Gasteiger partial charge is 0.0534 e. The van der Waals surface area contributed by atoms with Gasteiger partial charge >= 0.3 is 0 Å². The standard InChI is InChI=1S/C16H29N3/c1-16(2,3)14-6-5-7-15(9-8-14)17-10-13-11-18-19(4)12-13/h11-12,14-15,17H,5-10H2,1-4H3. The average Bonchev–Trinajstić information content (AvgIpc) is 2.61. The lowest BCUT2D eigenvalue weighted by molar-refractivity contribution is 0.213. The predicted molar refractivity (Wildman–Crippen MR) is 79.9 cm³/mol. The molecule has 1 aliphatic carbocycles. The lowest BCUT2D eigenvalue weighted by atomic mass is 9.76. The Morgan fingerprint density at radius 1 is 1.26 bits per heavy atom. The number of hydrogen-bond acceptors (Lipinski definition) is 2. The van der Waals surface area contributed by atoms with Crippen molar-refractivity contribution in [3.05, 3.63) is 18.0 Å². The van der Waals surface area contributed by atoms with Crippen molar-refractivity contribution in [3.63, 3.8) is 0 Å². The van der Waals surface area contributed by atoms with Crippen LogP contribution in [0.1, 0.15) is 58.4 Å². The Balaban J connectivity index is 1.80. The van der Waals surface area contributed by atoms with Gasteiger partial charge in [-0.15, -0.1) is 0 Å². The second kappa shape index (κ2) is 6.08. The number of nitrogens with zero attached hydrogens (tertiary/aromatic N) is 2. The van der Waals surface area contributed by atoms with Crippen LogP contribution >= 0.6 is 0 Å². The maximum Gasteiger partial charge on any atom is 0.0534 e. The van der Waals surface area contributed by atoms with E-state index < -0.39 is 0 Å². The molecular weight excluding hydrogens is 234 g/mol. The van der Waals surface area contributed by atoms with Crippen molar-refractivity contribution >= 4 is 0 Å². The van der Waals surface area contributed by atoms with Crippen molar-refractivity contribution in [2.75, 3.05) is 0 Å². The molecule has 0 bridgehead atoms. The number of aryl methyl sites for hydroxylation is 1. The third-order valence-electron chi connectivity index (χ3n) is 4.55. The van der Waals surface area contributed by atoms with Gasteiger partial charge in [-0.3, -0.25) is 4.68 Å². The molecule has 1 N–H and O–H groups in total. The molecule has 2 rings (SSSR count). The topological polar surface area (TPSA) is 29.9 Å². The number of hydrogen-bond donors (Lipinski definition) is 1. The molecule has 1 heterocycles. The van der Waals surface area contributed by atoms with Crippen molar-refractivity contribution < 1.29 is 0 Å². The van der Waals surface area contributed by atoms with Gasteiger partial charge in [-0.25, -0.2) is 0 Å². The molecule has 19 heavy (non-hydrogen) atoms. The highest BCUT2D eigenvalue weighted by molar-refractivity contribution is 5.03. The highest BCUT2D eigenvalue weighted by atomic mass is 15.2. The SMILES string of the molecule is Cn1cc(CNC2CCCC(C(C)(C)C)CC2)cn1. The van der Waals surface area contributed by atoms with E-state index >= 15 is 0 Å². The highest BCUT2D eigenvalue weighted by Crippen LogP contribution is 2.36. The van der Waals surface area contributed by atoms with E-state index in [-0.39, 0.29) is 0 Å². The maximum atomic E-state index is 4.22. The molecular formula is C16H29N3. The summed E-state index contributed by atoms with van der Waals surface area (Å²) in [5.41, 5.74) is 1.76. The fourth-order valence-electron chi connectivity index (χ4n) is 3.20. The van der Waals surface area contributed by atoms with Gasteiger partial charge in [0.05, 0.1) is 6.20 Å². The molecule has 1 aromatic rings. The summed E-state index contributed by atoms with van der Waals surface area (Å²) in [6, 6.07) is 0.688. The molecule has 1 saturated carbocycles. The largest absolute Gasteiger partial charge is 0.310 e. The molecule has 0 amide bonds. The van der Waals surface area contributed by atoms with Gasteiger partial charge in [0.2, 0.25) is 0 Å². The molecule has 1 aliphatic rings. The fourth-order valence-corrected chi connectivity index (χ4v) is 3.20. The van der Waals surface area contributed by atoms with Crippen LogP contribution in [0.5, 0.6) is 0 Å². The molecule has 0 saturated heterocycles. The van der Waals surface area contributed by atoms with Gasteiger partial charge in [0.25, 0.3) is 0 Å². The van der Waals surface area contributed by atoms with Crippen molar-refractivity contribution in [1.29, 1.82) is 0 Å². The van der Waals surface area contributed by atoms with Crippen molar-refractivity contribution in [1.82, 2.24) is 15.1 Å². The normalized spacial score (nSPS) is 25.3. The van der Waals surface area contributed by atoms with Crippen molar-refractivity contribution in [2.24, 2.45) is 18.4 Å². The first-order valence-electron chi connectivity index (χ1n) is 7.66. The van der Waals surface area contributed by atoms with Crippen LogP contribution < -0.4 is 5.32 Å². The van der Waals surface area contributed by atoms with Gasteiger partial charge in [0.15, 0.2) is 0 Å². The van der Waals surface area contributed by atoms with Gasteiger partial charge < -0.3 is 5.32 Å². The fraction of sp³-hybridized carbons (Fsp3) is 0.812. The van der Waals surface area contributed by atoms with Crippen LogP contribution in [0.25, 0.3) is 0 Å². The molecule has 1 aromatic heterocycles. The minimum atomic E-state index is 0.470. The molecule has 108 valence electrons. The Bertz CT molecular complexity index is 389. The van der Waals surface area contributed by atoms with E-state index in [0.29, 0.717) is 11.5 Å². The van der Waals surface area contributed by atoms with Crippen LogP contribution in [0, 0.1) is 11.3 Å². The van der Waals surface area contributed by atoms with Gasteiger partial charge in [0, 0.05) is 31.4 Å². The summed E-state index contributed by atoms with van der Waals surface area (Å²) < 4.78 is 1.87. The minimum absolute atomic E-state index is 0.470. The quantitative estimate of drug-likeness (QED) is 0.846. The summed E-state index contributed by atoms with van der Waals surface area (Å²) in [7, 11) is 1.98. The number of nitrogens with one attached hydrogen (secondary N) is 1. The van der Waals surface area contributed by atoms with Crippen LogP contribution in [0.15, 0.2) is 12.4 Å². The number of aromatic nitrogens is 2. The maximum absolute atomic E-state index is 4.22. The van der Waals surface area contributed by atoms with E-state index in [2.05, 4.69) is 37.4 Å². The zero-order chi connectivity index (χ0) is 13.9. The van der Waals surface area contributed by atoms with Crippen LogP contribution in [-0.2, 0) is 13.6 Å². The molecule has 1 fully saturated rings. The van der Waals surface area contributed by atoms with E-state index in [1.54, 1.807) is 0 Å². The van der Waals surface area contributed by atoms with E-state index in [0.717, 1.165) is 12.5 Å². The van der Waals surface area contributed by atoms with Crippen LogP contribution in [0.2, 0.25) is 0 Å². The molecule has 0 aliphatic heterocycles. The van der Waals surface area contributed by atoms with Crippen LogP contribution in [0.4, 0.5) is 0 Å². The van der Waals surface area contributed by atoms with Crippen molar-refractivity contribution in [3.8, 4) is 0 Å². The summed E-state index contributed by atoms with van der Waals surface area (Å²) in [4.78, 5) is 0. The third kappa shape index (κ3) is 4.34. The Kier molecular flexibility index (Phi) is 4.67. The Morgan fingerprint density at radius 3 is 2.68 bits per heavy atom. The highest BCUT2D eigenvalue weighted by Gasteiger charge is 2.27. The predicted octanol–water partition coefficient (Wildman–Crippen LogP) is 3.50. The molecule has 0 aromatic carbocycles. The average molecular weight is 263 g/mol. The summed E-state index contributed by atoms with van der Waals surface area (Å²) >= 11 is 0. The zero-order valence-corrected chi connectivity index (χ0v) is 12.9. The zero-order valence-electron chi connectivity index (χ0n) is 12.9. The summed E-state index contributed by atoms with van der Waals surface area (Å²) in [6.45, 7) is 8.13. The molecule has 2 atom stereocenters. The second-order valence-corrected chi connectivity index (χ2v) is 7.17. The molecule has 3 heteroatoms. The molecule has 2 unspecified atom stereocenters. The third-order valence-corrected chi connectivity index (χ3v) is 4.55. The van der Waals surface area contributed by atoms with E-state index in [1.807, 2.05) is 17.9 Å². The first-order valence-corrected chi connectivity index (χ1v) is 7.66. The lowest BCUT2D eigenvalue weighted by Gasteiger charge is -2.29. The molecule has 0 spiro atoms. The van der Waals surface area contributed by atoms with Gasteiger partial charge in [-0.2, -0.15) is 5.10 Å².